The highest BCUT2D eigenvalue weighted by atomic mass is 35.5. The van der Waals surface area contributed by atoms with Crippen molar-refractivity contribution in [1.82, 2.24) is 30.1 Å². The average molecular weight is 482 g/mol. The van der Waals surface area contributed by atoms with E-state index in [2.05, 4.69) is 32.4 Å². The second-order valence-corrected chi connectivity index (χ2v) is 10.00. The van der Waals surface area contributed by atoms with Crippen molar-refractivity contribution >= 4 is 34.4 Å². The van der Waals surface area contributed by atoms with Crippen molar-refractivity contribution in [3.63, 3.8) is 0 Å². The molecule has 1 aliphatic carbocycles. The number of halogens is 1. The van der Waals surface area contributed by atoms with Gasteiger partial charge in [-0.15, -0.1) is 0 Å². The van der Waals surface area contributed by atoms with Gasteiger partial charge in [0.05, 0.1) is 16.1 Å². The molecule has 2 fully saturated rings. The highest BCUT2D eigenvalue weighted by Gasteiger charge is 2.39. The molecular weight excluding hydrogens is 450 g/mol. The van der Waals surface area contributed by atoms with Crippen LogP contribution in [0.15, 0.2) is 36.7 Å². The first kappa shape index (κ1) is 23.1. The molecule has 1 saturated heterocycles. The molecule has 2 aromatic heterocycles. The number of carbonyl (C=O) groups is 1. The van der Waals surface area contributed by atoms with E-state index in [-0.39, 0.29) is 17.4 Å². The van der Waals surface area contributed by atoms with Gasteiger partial charge in [-0.05, 0) is 38.0 Å². The van der Waals surface area contributed by atoms with Crippen molar-refractivity contribution in [2.75, 3.05) is 31.9 Å². The Labute approximate surface area is 204 Å². The molecule has 3 aromatic rings. The summed E-state index contributed by atoms with van der Waals surface area (Å²) in [5, 5.41) is 8.08. The number of amides is 1. The van der Waals surface area contributed by atoms with Gasteiger partial charge in [-0.25, -0.2) is 4.98 Å². The van der Waals surface area contributed by atoms with E-state index in [0.717, 1.165) is 38.0 Å². The summed E-state index contributed by atoms with van der Waals surface area (Å²) in [5.41, 5.74) is 7.16. The summed E-state index contributed by atoms with van der Waals surface area (Å²) < 4.78 is 1.85. The lowest BCUT2D eigenvalue weighted by molar-refractivity contribution is 0.0273. The molecule has 0 bridgehead atoms. The van der Waals surface area contributed by atoms with Gasteiger partial charge in [-0.3, -0.25) is 9.69 Å². The zero-order valence-electron chi connectivity index (χ0n) is 19.6. The van der Waals surface area contributed by atoms with E-state index in [1.54, 1.807) is 18.5 Å². The second kappa shape index (κ2) is 9.52. The Hall–Kier alpha value is -2.68. The standard InChI is InChI=1S/C25H32ClN7O/c1-17-14-32(13-12-28-17)25(9-3-2-4-10-25)16-30-23(34)18-15-33(21-8-11-29-24(27)31-21)20-7-5-6-19(26)22(18)20/h5-8,11,15,17,28H,2-4,9-10,12-14,16H2,1H3,(H,30,34)(H2,27,29,31)/t17-/m1/s1. The molecule has 1 aromatic carbocycles. The lowest BCUT2D eigenvalue weighted by Gasteiger charge is -2.49. The summed E-state index contributed by atoms with van der Waals surface area (Å²) in [6, 6.07) is 7.84. The number of nitrogen functional groups attached to an aromatic ring is 1. The van der Waals surface area contributed by atoms with Gasteiger partial charge in [0, 0.05) is 55.5 Å². The molecular formula is C25H32ClN7O. The molecule has 1 saturated carbocycles. The smallest absolute Gasteiger partial charge is 0.253 e. The zero-order chi connectivity index (χ0) is 23.7. The maximum Gasteiger partial charge on any atom is 0.253 e. The number of rotatable bonds is 5. The number of nitrogens with zero attached hydrogens (tertiary/aromatic N) is 4. The van der Waals surface area contributed by atoms with Crippen molar-refractivity contribution in [1.29, 1.82) is 0 Å². The van der Waals surface area contributed by atoms with Crippen LogP contribution in [-0.2, 0) is 0 Å². The predicted molar refractivity (Wildman–Crippen MR) is 135 cm³/mol. The quantitative estimate of drug-likeness (QED) is 0.516. The van der Waals surface area contributed by atoms with Crippen LogP contribution in [0.4, 0.5) is 5.95 Å². The monoisotopic (exact) mass is 481 g/mol. The Balaban J connectivity index is 1.45. The topological polar surface area (TPSA) is 101 Å². The SMILES string of the molecule is C[C@@H]1CN(C2(CNC(=O)c3cn(-c4ccnc(N)n4)c4cccc(Cl)c34)CCCCC2)CCN1. The van der Waals surface area contributed by atoms with E-state index in [9.17, 15) is 4.79 Å². The molecule has 5 rings (SSSR count). The molecule has 2 aliphatic rings. The fourth-order valence-corrected chi connectivity index (χ4v) is 5.89. The highest BCUT2D eigenvalue weighted by Crippen LogP contribution is 2.35. The van der Waals surface area contributed by atoms with E-state index in [4.69, 9.17) is 17.3 Å². The van der Waals surface area contributed by atoms with Gasteiger partial charge in [0.1, 0.15) is 5.82 Å². The average Bonchev–Trinajstić information content (AvgIpc) is 3.24. The Bertz CT molecular complexity index is 1190. The molecule has 0 unspecified atom stereocenters. The van der Waals surface area contributed by atoms with Crippen LogP contribution < -0.4 is 16.4 Å². The summed E-state index contributed by atoms with van der Waals surface area (Å²) in [7, 11) is 0. The number of benzene rings is 1. The summed E-state index contributed by atoms with van der Waals surface area (Å²) in [6.45, 7) is 5.88. The van der Waals surface area contributed by atoms with E-state index in [0.29, 0.717) is 34.4 Å². The molecule has 180 valence electrons. The normalized spacial score (nSPS) is 20.9. The number of hydrogen-bond donors (Lipinski definition) is 3. The third-order valence-electron chi connectivity index (χ3n) is 7.33. The van der Waals surface area contributed by atoms with E-state index >= 15 is 0 Å². The first-order valence-electron chi connectivity index (χ1n) is 12.1. The van der Waals surface area contributed by atoms with E-state index < -0.39 is 0 Å². The van der Waals surface area contributed by atoms with Crippen molar-refractivity contribution in [3.8, 4) is 5.82 Å². The number of nitrogens with one attached hydrogen (secondary N) is 2. The molecule has 1 aliphatic heterocycles. The van der Waals surface area contributed by atoms with Gasteiger partial charge >= 0.3 is 0 Å². The molecule has 8 nitrogen and oxygen atoms in total. The number of piperazine rings is 1. The van der Waals surface area contributed by atoms with Crippen LogP contribution in [0.5, 0.6) is 0 Å². The third-order valence-corrected chi connectivity index (χ3v) is 7.65. The summed E-state index contributed by atoms with van der Waals surface area (Å²) in [5.74, 6) is 0.654. The molecule has 0 spiro atoms. The summed E-state index contributed by atoms with van der Waals surface area (Å²) >= 11 is 6.59. The summed E-state index contributed by atoms with van der Waals surface area (Å²) in [6.07, 6.45) is 9.31. The molecule has 3 heterocycles. The third kappa shape index (κ3) is 4.37. The molecule has 34 heavy (non-hydrogen) atoms. The van der Waals surface area contributed by atoms with Crippen LogP contribution >= 0.6 is 11.6 Å². The van der Waals surface area contributed by atoms with Crippen LogP contribution in [-0.4, -0.2) is 63.1 Å². The lowest BCUT2D eigenvalue weighted by Crippen LogP contribution is -2.63. The largest absolute Gasteiger partial charge is 0.368 e. The fraction of sp³-hybridized carbons (Fsp3) is 0.480. The van der Waals surface area contributed by atoms with Crippen molar-refractivity contribution < 1.29 is 4.79 Å². The number of hydrogen-bond acceptors (Lipinski definition) is 6. The van der Waals surface area contributed by atoms with Gasteiger partial charge in [-0.2, -0.15) is 4.98 Å². The minimum absolute atomic E-state index is 0.00748. The highest BCUT2D eigenvalue weighted by molar-refractivity contribution is 6.37. The maximum absolute atomic E-state index is 13.6. The van der Waals surface area contributed by atoms with Crippen LogP contribution in [0.1, 0.15) is 49.4 Å². The van der Waals surface area contributed by atoms with Crippen LogP contribution in [0, 0.1) is 0 Å². The van der Waals surface area contributed by atoms with E-state index in [1.807, 2.05) is 22.8 Å². The van der Waals surface area contributed by atoms with Crippen molar-refractivity contribution in [2.45, 2.75) is 50.6 Å². The first-order valence-corrected chi connectivity index (χ1v) is 12.5. The second-order valence-electron chi connectivity index (χ2n) is 9.59. The van der Waals surface area contributed by atoms with Crippen LogP contribution in [0.2, 0.25) is 5.02 Å². The minimum atomic E-state index is -0.119. The first-order chi connectivity index (χ1) is 16.5. The molecule has 1 atom stereocenters. The van der Waals surface area contributed by atoms with Crippen molar-refractivity contribution in [3.05, 3.63) is 47.2 Å². The molecule has 0 radical (unpaired) electrons. The lowest BCUT2D eigenvalue weighted by atomic mass is 9.79. The minimum Gasteiger partial charge on any atom is -0.368 e. The fourth-order valence-electron chi connectivity index (χ4n) is 5.62. The number of nitrogens with two attached hydrogens (primary N) is 1. The van der Waals surface area contributed by atoms with Gasteiger partial charge in [0.2, 0.25) is 5.95 Å². The van der Waals surface area contributed by atoms with Gasteiger partial charge in [-0.1, -0.05) is 36.9 Å². The van der Waals surface area contributed by atoms with Gasteiger partial charge in [0.15, 0.2) is 0 Å². The Morgan fingerprint density at radius 2 is 2.12 bits per heavy atom. The number of aromatic nitrogens is 3. The Morgan fingerprint density at radius 1 is 1.29 bits per heavy atom. The maximum atomic E-state index is 13.6. The Morgan fingerprint density at radius 3 is 2.88 bits per heavy atom. The van der Waals surface area contributed by atoms with E-state index in [1.165, 1.54) is 19.3 Å². The Kier molecular flexibility index (Phi) is 6.46. The number of anilines is 1. The van der Waals surface area contributed by atoms with Crippen LogP contribution in [0.25, 0.3) is 16.7 Å². The number of fused-ring (bicyclic) bond motifs is 1. The molecule has 9 heteroatoms. The molecule has 1 amide bonds. The predicted octanol–water partition coefficient (Wildman–Crippen LogP) is 3.38. The van der Waals surface area contributed by atoms with Gasteiger partial charge in [0.25, 0.3) is 5.91 Å². The summed E-state index contributed by atoms with van der Waals surface area (Å²) in [4.78, 5) is 24.5. The van der Waals surface area contributed by atoms with Crippen molar-refractivity contribution in [2.24, 2.45) is 0 Å². The number of carbonyl (C=O) groups excluding carboxylic acids is 1. The van der Waals surface area contributed by atoms with Crippen LogP contribution in [0.3, 0.4) is 0 Å². The van der Waals surface area contributed by atoms with Gasteiger partial charge < -0.3 is 20.9 Å². The zero-order valence-corrected chi connectivity index (χ0v) is 20.3. The molecule has 4 N–H and O–H groups in total.